The molecule has 0 bridgehead atoms. The lowest BCUT2D eigenvalue weighted by Gasteiger charge is -2.26. The number of aliphatic hydroxyl groups is 4. The molecule has 0 fully saturated rings. The molecule has 0 unspecified atom stereocenters. The fourth-order valence-corrected chi connectivity index (χ4v) is 4.26. The van der Waals surface area contributed by atoms with Gasteiger partial charge in [0.2, 0.25) is 10.0 Å². The van der Waals surface area contributed by atoms with Gasteiger partial charge in [-0.25, -0.2) is 8.42 Å². The zero-order valence-electron chi connectivity index (χ0n) is 15.4. The summed E-state index contributed by atoms with van der Waals surface area (Å²) in [6.07, 6.45) is -5.49. The molecule has 5 N–H and O–H groups in total. The van der Waals surface area contributed by atoms with Gasteiger partial charge in [-0.2, -0.15) is 4.72 Å². The van der Waals surface area contributed by atoms with E-state index < -0.39 is 41.0 Å². The molecule has 0 saturated heterocycles. The monoisotopic (exact) mass is 412 g/mol. The number of carbonyl (C=O) groups is 1. The van der Waals surface area contributed by atoms with Gasteiger partial charge in [0.25, 0.3) is 0 Å². The molecule has 154 valence electrons. The first-order valence-electron chi connectivity index (χ1n) is 8.45. The third kappa shape index (κ3) is 4.49. The standard InChI is InChI=1S/C18H24N2O7S/c1-20(2)14-7-3-6-12-11(14)5-4-8-16(12)28(26,27)19-13(9-21)17(24)18(25)15(23)10-22/h3-9,13,15,17-19,22-25H,10H2,1-2H3/t13-,15-,17-,18-/m1/s1. The summed E-state index contributed by atoms with van der Waals surface area (Å²) in [7, 11) is -0.626. The number of benzene rings is 2. The third-order valence-electron chi connectivity index (χ3n) is 4.37. The molecule has 2 aromatic carbocycles. The molecule has 0 spiro atoms. The van der Waals surface area contributed by atoms with E-state index in [0.29, 0.717) is 10.8 Å². The van der Waals surface area contributed by atoms with Crippen molar-refractivity contribution in [3.63, 3.8) is 0 Å². The summed E-state index contributed by atoms with van der Waals surface area (Å²) < 4.78 is 27.8. The second-order valence-corrected chi connectivity index (χ2v) is 8.22. The van der Waals surface area contributed by atoms with E-state index in [1.54, 1.807) is 24.3 Å². The Bertz CT molecular complexity index is 933. The molecule has 0 aliphatic carbocycles. The normalized spacial score (nSPS) is 16.4. The van der Waals surface area contributed by atoms with Crippen molar-refractivity contribution < 1.29 is 33.6 Å². The highest BCUT2D eigenvalue weighted by Gasteiger charge is 2.34. The number of aliphatic hydroxyl groups excluding tert-OH is 4. The third-order valence-corrected chi connectivity index (χ3v) is 5.88. The van der Waals surface area contributed by atoms with Crippen LogP contribution in [0.25, 0.3) is 10.8 Å². The van der Waals surface area contributed by atoms with Crippen LogP contribution in [0.2, 0.25) is 0 Å². The van der Waals surface area contributed by atoms with Crippen molar-refractivity contribution in [1.29, 1.82) is 0 Å². The lowest BCUT2D eigenvalue weighted by Crippen LogP contribution is -2.53. The van der Waals surface area contributed by atoms with Crippen LogP contribution in [-0.2, 0) is 14.8 Å². The van der Waals surface area contributed by atoms with E-state index in [1.165, 1.54) is 6.07 Å². The number of hydrogen-bond donors (Lipinski definition) is 5. The number of hydrogen-bond acceptors (Lipinski definition) is 8. The first kappa shape index (κ1) is 22.2. The fourth-order valence-electron chi connectivity index (χ4n) is 2.86. The zero-order valence-corrected chi connectivity index (χ0v) is 16.2. The molecule has 28 heavy (non-hydrogen) atoms. The SMILES string of the molecule is CN(C)c1cccc2c(S(=O)(=O)N[C@H](C=O)[C@@H](O)[C@H](O)[C@H](O)CO)cccc12. The minimum atomic E-state index is -4.27. The lowest BCUT2D eigenvalue weighted by atomic mass is 10.0. The summed E-state index contributed by atoms with van der Waals surface area (Å²) in [5, 5.41) is 39.2. The number of rotatable bonds is 9. The summed E-state index contributed by atoms with van der Waals surface area (Å²) in [4.78, 5) is 13.1. The number of nitrogens with zero attached hydrogens (tertiary/aromatic N) is 1. The van der Waals surface area contributed by atoms with Gasteiger partial charge in [0.15, 0.2) is 0 Å². The molecule has 0 heterocycles. The van der Waals surface area contributed by atoms with Gasteiger partial charge in [-0.05, 0) is 12.1 Å². The van der Waals surface area contributed by atoms with E-state index in [1.807, 2.05) is 29.8 Å². The van der Waals surface area contributed by atoms with Gasteiger partial charge in [-0.15, -0.1) is 0 Å². The van der Waals surface area contributed by atoms with Crippen LogP contribution in [0.5, 0.6) is 0 Å². The van der Waals surface area contributed by atoms with Gasteiger partial charge in [-0.3, -0.25) is 0 Å². The Balaban J connectivity index is 2.44. The van der Waals surface area contributed by atoms with E-state index in [0.717, 1.165) is 5.69 Å². The molecule has 0 aliphatic rings. The Morgan fingerprint density at radius 1 is 1.04 bits per heavy atom. The first-order valence-corrected chi connectivity index (χ1v) is 9.94. The molecule has 0 radical (unpaired) electrons. The molecule has 0 aromatic heterocycles. The quantitative estimate of drug-likeness (QED) is 0.324. The molecule has 9 nitrogen and oxygen atoms in total. The maximum Gasteiger partial charge on any atom is 0.241 e. The van der Waals surface area contributed by atoms with Gasteiger partial charge >= 0.3 is 0 Å². The van der Waals surface area contributed by atoms with E-state index in [4.69, 9.17) is 5.11 Å². The minimum absolute atomic E-state index is 0.107. The van der Waals surface area contributed by atoms with Crippen LogP contribution in [0, 0.1) is 0 Å². The molecule has 0 aliphatic heterocycles. The van der Waals surface area contributed by atoms with Crippen molar-refractivity contribution in [2.75, 3.05) is 25.6 Å². The molecule has 2 aromatic rings. The highest BCUT2D eigenvalue weighted by atomic mass is 32.2. The van der Waals surface area contributed by atoms with Gasteiger partial charge in [0.05, 0.1) is 11.5 Å². The van der Waals surface area contributed by atoms with Crippen molar-refractivity contribution in [3.05, 3.63) is 36.4 Å². The zero-order chi connectivity index (χ0) is 21.1. The summed E-state index contributed by atoms with van der Waals surface area (Å²) in [6, 6.07) is 8.09. The molecule has 10 heteroatoms. The number of nitrogens with one attached hydrogen (secondary N) is 1. The Morgan fingerprint density at radius 2 is 1.64 bits per heavy atom. The Hall–Kier alpha value is -2.08. The van der Waals surface area contributed by atoms with E-state index in [-0.39, 0.29) is 11.2 Å². The topological polar surface area (TPSA) is 147 Å². The molecular formula is C18H24N2O7S. The summed E-state index contributed by atoms with van der Waals surface area (Å²) >= 11 is 0. The second-order valence-electron chi connectivity index (χ2n) is 6.54. The van der Waals surface area contributed by atoms with E-state index >= 15 is 0 Å². The Labute approximate surface area is 162 Å². The van der Waals surface area contributed by atoms with Crippen LogP contribution < -0.4 is 9.62 Å². The highest BCUT2D eigenvalue weighted by Crippen LogP contribution is 2.30. The largest absolute Gasteiger partial charge is 0.394 e. The number of sulfonamides is 1. The molecule has 4 atom stereocenters. The number of carbonyl (C=O) groups excluding carboxylic acids is 1. The van der Waals surface area contributed by atoms with Crippen LogP contribution in [0.4, 0.5) is 5.69 Å². The second kappa shape index (κ2) is 8.95. The van der Waals surface area contributed by atoms with Gasteiger partial charge in [0, 0.05) is 30.6 Å². The minimum Gasteiger partial charge on any atom is -0.394 e. The van der Waals surface area contributed by atoms with Crippen LogP contribution in [0.15, 0.2) is 41.3 Å². The molecular weight excluding hydrogens is 388 g/mol. The molecule has 2 rings (SSSR count). The lowest BCUT2D eigenvalue weighted by molar-refractivity contribution is -0.119. The summed E-state index contributed by atoms with van der Waals surface area (Å²) in [6.45, 7) is -0.868. The fraction of sp³-hybridized carbons (Fsp3) is 0.389. The maximum atomic E-state index is 12.9. The average molecular weight is 412 g/mol. The van der Waals surface area contributed by atoms with Crippen LogP contribution in [-0.4, -0.2) is 80.2 Å². The van der Waals surface area contributed by atoms with Crippen molar-refractivity contribution in [3.8, 4) is 0 Å². The Kier molecular flexibility index (Phi) is 7.10. The van der Waals surface area contributed by atoms with Crippen LogP contribution >= 0.6 is 0 Å². The number of aldehydes is 1. The Morgan fingerprint density at radius 3 is 2.21 bits per heavy atom. The van der Waals surface area contributed by atoms with Crippen molar-refractivity contribution in [2.45, 2.75) is 29.2 Å². The van der Waals surface area contributed by atoms with Crippen molar-refractivity contribution in [2.24, 2.45) is 0 Å². The predicted molar refractivity (Wildman–Crippen MR) is 104 cm³/mol. The van der Waals surface area contributed by atoms with Gasteiger partial charge in [0.1, 0.15) is 30.6 Å². The van der Waals surface area contributed by atoms with Gasteiger partial charge in [-0.1, -0.05) is 24.3 Å². The van der Waals surface area contributed by atoms with Crippen LogP contribution in [0.1, 0.15) is 0 Å². The highest BCUT2D eigenvalue weighted by molar-refractivity contribution is 7.89. The van der Waals surface area contributed by atoms with E-state index in [9.17, 15) is 28.5 Å². The number of fused-ring (bicyclic) bond motifs is 1. The maximum absolute atomic E-state index is 12.9. The molecule has 0 saturated carbocycles. The van der Waals surface area contributed by atoms with Crippen LogP contribution in [0.3, 0.4) is 0 Å². The van der Waals surface area contributed by atoms with E-state index in [2.05, 4.69) is 0 Å². The average Bonchev–Trinajstić information content (AvgIpc) is 2.69. The van der Waals surface area contributed by atoms with Gasteiger partial charge < -0.3 is 30.1 Å². The molecule has 0 amide bonds. The van der Waals surface area contributed by atoms with Crippen molar-refractivity contribution in [1.82, 2.24) is 4.72 Å². The first-order chi connectivity index (χ1) is 13.1. The smallest absolute Gasteiger partial charge is 0.241 e. The summed E-state index contributed by atoms with van der Waals surface area (Å²) in [5.41, 5.74) is 0.794. The number of anilines is 1. The van der Waals surface area contributed by atoms with Crippen molar-refractivity contribution >= 4 is 32.8 Å². The summed E-state index contributed by atoms with van der Waals surface area (Å²) in [5.74, 6) is 0. The predicted octanol–water partition coefficient (Wildman–Crippen LogP) is -1.17.